The maximum atomic E-state index is 13.3. The molecule has 7 heteroatoms. The number of nitrogens with zero attached hydrogens (tertiary/aromatic N) is 2. The van der Waals surface area contributed by atoms with Crippen molar-refractivity contribution >= 4 is 24.0 Å². The number of carbonyl (C=O) groups is 1. The van der Waals surface area contributed by atoms with Crippen LogP contribution in [0.1, 0.15) is 26.7 Å². The van der Waals surface area contributed by atoms with Crippen LogP contribution >= 0.6 is 12.4 Å². The van der Waals surface area contributed by atoms with Crippen LogP contribution in [-0.2, 0) is 4.79 Å². The molecule has 5 nitrogen and oxygen atoms in total. The number of carbonyl (C=O) groups excluding carboxylic acids is 1. The van der Waals surface area contributed by atoms with Gasteiger partial charge in [-0.25, -0.2) is 4.39 Å². The zero-order valence-corrected chi connectivity index (χ0v) is 15.4. The second kappa shape index (κ2) is 8.53. The summed E-state index contributed by atoms with van der Waals surface area (Å²) in [7, 11) is 1.53. The van der Waals surface area contributed by atoms with Crippen molar-refractivity contribution in [2.45, 2.75) is 32.2 Å². The number of rotatable bonds is 5. The van der Waals surface area contributed by atoms with Crippen LogP contribution < -0.4 is 15.4 Å². The van der Waals surface area contributed by atoms with Gasteiger partial charge in [-0.15, -0.1) is 12.4 Å². The standard InChI is InChI=1S/C17H26FN3O2.ClH/c1-4-7-17(2,19)16(22)21-10-8-20(9-11-21)14-6-5-13(18)12-15(14)23-3;/h5-6,12H,4,7-11,19H2,1-3H3;1H. The highest BCUT2D eigenvalue weighted by molar-refractivity contribution is 5.86. The summed E-state index contributed by atoms with van der Waals surface area (Å²) in [5, 5.41) is 0. The molecular weight excluding hydrogens is 333 g/mol. The third-order valence-electron chi connectivity index (χ3n) is 4.31. The summed E-state index contributed by atoms with van der Waals surface area (Å²) in [4.78, 5) is 16.5. The minimum atomic E-state index is -0.801. The Balaban J connectivity index is 0.00000288. The zero-order valence-electron chi connectivity index (χ0n) is 14.5. The molecular formula is C17H27ClFN3O2. The zero-order chi connectivity index (χ0) is 17.0. The summed E-state index contributed by atoms with van der Waals surface area (Å²) >= 11 is 0. The molecule has 24 heavy (non-hydrogen) atoms. The van der Waals surface area contributed by atoms with Crippen LogP contribution in [0, 0.1) is 5.82 Å². The third kappa shape index (κ3) is 4.51. The van der Waals surface area contributed by atoms with Crippen molar-refractivity contribution in [1.82, 2.24) is 4.90 Å². The molecule has 0 radical (unpaired) electrons. The predicted octanol–water partition coefficient (Wildman–Crippen LogP) is 2.42. The monoisotopic (exact) mass is 359 g/mol. The van der Waals surface area contributed by atoms with E-state index in [1.165, 1.54) is 19.2 Å². The van der Waals surface area contributed by atoms with Gasteiger partial charge in [-0.05, 0) is 25.5 Å². The maximum absolute atomic E-state index is 13.3. The molecule has 1 unspecified atom stereocenters. The first-order chi connectivity index (χ1) is 10.9. The lowest BCUT2D eigenvalue weighted by molar-refractivity contribution is -0.137. The molecule has 1 amide bonds. The molecule has 1 aromatic rings. The fraction of sp³-hybridized carbons (Fsp3) is 0.588. The van der Waals surface area contributed by atoms with E-state index < -0.39 is 5.54 Å². The number of hydrogen-bond acceptors (Lipinski definition) is 4. The number of halogens is 2. The van der Waals surface area contributed by atoms with Gasteiger partial charge < -0.3 is 20.3 Å². The number of anilines is 1. The number of ether oxygens (including phenoxy) is 1. The van der Waals surface area contributed by atoms with Crippen LogP contribution in [0.4, 0.5) is 10.1 Å². The molecule has 1 saturated heterocycles. The van der Waals surface area contributed by atoms with Gasteiger partial charge in [0.2, 0.25) is 5.91 Å². The van der Waals surface area contributed by atoms with Gasteiger partial charge in [0.15, 0.2) is 0 Å². The molecule has 1 heterocycles. The summed E-state index contributed by atoms with van der Waals surface area (Å²) in [6.45, 7) is 6.39. The highest BCUT2D eigenvalue weighted by Gasteiger charge is 2.33. The predicted molar refractivity (Wildman–Crippen MR) is 96.5 cm³/mol. The highest BCUT2D eigenvalue weighted by atomic mass is 35.5. The van der Waals surface area contributed by atoms with E-state index in [1.54, 1.807) is 13.0 Å². The minimum Gasteiger partial charge on any atom is -0.494 e. The first-order valence-electron chi connectivity index (χ1n) is 8.05. The number of methoxy groups -OCH3 is 1. The minimum absolute atomic E-state index is 0. The van der Waals surface area contributed by atoms with Crippen LogP contribution in [0.25, 0.3) is 0 Å². The van der Waals surface area contributed by atoms with Gasteiger partial charge in [0.1, 0.15) is 11.6 Å². The fourth-order valence-electron chi connectivity index (χ4n) is 3.05. The Morgan fingerprint density at radius 2 is 1.96 bits per heavy atom. The van der Waals surface area contributed by atoms with Gasteiger partial charge in [0, 0.05) is 32.2 Å². The second-order valence-electron chi connectivity index (χ2n) is 6.26. The van der Waals surface area contributed by atoms with Gasteiger partial charge in [-0.3, -0.25) is 4.79 Å². The summed E-state index contributed by atoms with van der Waals surface area (Å²) < 4.78 is 18.6. The highest BCUT2D eigenvalue weighted by Crippen LogP contribution is 2.30. The molecule has 0 bridgehead atoms. The van der Waals surface area contributed by atoms with Crippen LogP contribution in [0.2, 0.25) is 0 Å². The molecule has 1 aliphatic rings. The molecule has 2 N–H and O–H groups in total. The average molecular weight is 360 g/mol. The molecule has 136 valence electrons. The molecule has 1 atom stereocenters. The van der Waals surface area contributed by atoms with Crippen LogP contribution in [0.5, 0.6) is 5.75 Å². The van der Waals surface area contributed by atoms with Crippen LogP contribution in [0.3, 0.4) is 0 Å². The topological polar surface area (TPSA) is 58.8 Å². The first-order valence-corrected chi connectivity index (χ1v) is 8.05. The second-order valence-corrected chi connectivity index (χ2v) is 6.26. The van der Waals surface area contributed by atoms with Crippen molar-refractivity contribution < 1.29 is 13.9 Å². The SMILES string of the molecule is CCCC(C)(N)C(=O)N1CCN(c2ccc(F)cc2OC)CC1.Cl. The summed E-state index contributed by atoms with van der Waals surface area (Å²) in [6, 6.07) is 4.52. The molecule has 2 rings (SSSR count). The Kier molecular flexibility index (Phi) is 7.29. The Hall–Kier alpha value is -1.53. The van der Waals surface area contributed by atoms with Crippen LogP contribution in [0.15, 0.2) is 18.2 Å². The third-order valence-corrected chi connectivity index (χ3v) is 4.31. The first kappa shape index (κ1) is 20.5. The molecule has 0 aliphatic carbocycles. The van der Waals surface area contributed by atoms with Crippen molar-refractivity contribution in [3.8, 4) is 5.75 Å². The Morgan fingerprint density at radius 3 is 2.50 bits per heavy atom. The number of piperazine rings is 1. The Labute approximate surface area is 149 Å². The van der Waals surface area contributed by atoms with E-state index in [2.05, 4.69) is 4.90 Å². The number of benzene rings is 1. The largest absolute Gasteiger partial charge is 0.494 e. The van der Waals surface area contributed by atoms with E-state index in [4.69, 9.17) is 10.5 Å². The van der Waals surface area contributed by atoms with Gasteiger partial charge in [0.05, 0.1) is 18.3 Å². The van der Waals surface area contributed by atoms with E-state index >= 15 is 0 Å². The van der Waals surface area contributed by atoms with Gasteiger partial charge >= 0.3 is 0 Å². The van der Waals surface area contributed by atoms with Gasteiger partial charge in [-0.2, -0.15) is 0 Å². The van der Waals surface area contributed by atoms with Crippen molar-refractivity contribution in [2.75, 3.05) is 38.2 Å². The van der Waals surface area contributed by atoms with Crippen molar-refractivity contribution in [2.24, 2.45) is 5.73 Å². The van der Waals surface area contributed by atoms with Crippen molar-refractivity contribution in [1.29, 1.82) is 0 Å². The number of hydrogen-bond donors (Lipinski definition) is 1. The van der Waals surface area contributed by atoms with Crippen molar-refractivity contribution in [3.63, 3.8) is 0 Å². The maximum Gasteiger partial charge on any atom is 0.242 e. The lowest BCUT2D eigenvalue weighted by atomic mass is 9.95. The summed E-state index contributed by atoms with van der Waals surface area (Å²) in [5.41, 5.74) is 6.19. The molecule has 1 aromatic carbocycles. The lowest BCUT2D eigenvalue weighted by Crippen LogP contribution is -2.58. The van der Waals surface area contributed by atoms with E-state index in [-0.39, 0.29) is 24.1 Å². The molecule has 1 fully saturated rings. The van der Waals surface area contributed by atoms with E-state index in [1.807, 2.05) is 11.8 Å². The Morgan fingerprint density at radius 1 is 1.33 bits per heavy atom. The normalized spacial score (nSPS) is 17.0. The summed E-state index contributed by atoms with van der Waals surface area (Å²) in [6.07, 6.45) is 1.56. The van der Waals surface area contributed by atoms with E-state index in [0.29, 0.717) is 38.3 Å². The number of nitrogens with two attached hydrogens (primary N) is 1. The molecule has 0 saturated carbocycles. The summed E-state index contributed by atoms with van der Waals surface area (Å²) in [5.74, 6) is 0.197. The van der Waals surface area contributed by atoms with Gasteiger partial charge in [-0.1, -0.05) is 13.3 Å². The van der Waals surface area contributed by atoms with Crippen LogP contribution in [-0.4, -0.2) is 49.6 Å². The lowest BCUT2D eigenvalue weighted by Gasteiger charge is -2.39. The van der Waals surface area contributed by atoms with E-state index in [0.717, 1.165) is 12.1 Å². The van der Waals surface area contributed by atoms with E-state index in [9.17, 15) is 9.18 Å². The fourth-order valence-corrected chi connectivity index (χ4v) is 3.05. The Bertz CT molecular complexity index is 561. The quantitative estimate of drug-likeness (QED) is 0.877. The van der Waals surface area contributed by atoms with Crippen molar-refractivity contribution in [3.05, 3.63) is 24.0 Å². The average Bonchev–Trinajstić information content (AvgIpc) is 2.54. The molecule has 0 aromatic heterocycles. The number of amides is 1. The van der Waals surface area contributed by atoms with Gasteiger partial charge in [0.25, 0.3) is 0 Å². The smallest absolute Gasteiger partial charge is 0.242 e. The molecule has 0 spiro atoms. The molecule has 1 aliphatic heterocycles.